The lowest BCUT2D eigenvalue weighted by molar-refractivity contribution is -0.142. The van der Waals surface area contributed by atoms with Gasteiger partial charge in [-0.15, -0.1) is 0 Å². The van der Waals surface area contributed by atoms with Crippen molar-refractivity contribution in [1.29, 1.82) is 0 Å². The van der Waals surface area contributed by atoms with Crippen LogP contribution in [0.4, 0.5) is 0 Å². The number of likely N-dealkylation sites (tertiary alicyclic amines) is 1. The van der Waals surface area contributed by atoms with Crippen LogP contribution in [0.5, 0.6) is 0 Å². The molecule has 0 saturated carbocycles. The lowest BCUT2D eigenvalue weighted by Gasteiger charge is -2.35. The molecule has 25 heavy (non-hydrogen) atoms. The Bertz CT molecular complexity index is 633. The molecule has 1 N–H and O–H groups in total. The van der Waals surface area contributed by atoms with Crippen molar-refractivity contribution in [3.8, 4) is 0 Å². The fourth-order valence-electron chi connectivity index (χ4n) is 3.01. The highest BCUT2D eigenvalue weighted by atomic mass is 35.5. The highest BCUT2D eigenvalue weighted by Gasteiger charge is 2.32. The van der Waals surface area contributed by atoms with Gasteiger partial charge in [-0.2, -0.15) is 0 Å². The second-order valence-electron chi connectivity index (χ2n) is 7.59. The summed E-state index contributed by atoms with van der Waals surface area (Å²) in [5.74, 6) is 0.196. The summed E-state index contributed by atoms with van der Waals surface area (Å²) < 4.78 is 0. The number of nitrogens with one attached hydrogen (secondary N) is 1. The van der Waals surface area contributed by atoms with E-state index in [1.54, 1.807) is 12.1 Å². The van der Waals surface area contributed by atoms with Gasteiger partial charge in [0.25, 0.3) is 0 Å². The molecule has 1 aromatic rings. The number of halogens is 2. The Balaban J connectivity index is 1.76. The SMILES string of the molecule is CC(C)(C)C(=O)N1CCC(C(=O)NCCc2ccc(Cl)cc2Cl)CC1. The smallest absolute Gasteiger partial charge is 0.227 e. The van der Waals surface area contributed by atoms with Crippen molar-refractivity contribution in [2.45, 2.75) is 40.0 Å². The predicted molar refractivity (Wildman–Crippen MR) is 102 cm³/mol. The second-order valence-corrected chi connectivity index (χ2v) is 8.44. The molecule has 0 atom stereocenters. The minimum absolute atomic E-state index is 0.0234. The molecule has 0 unspecified atom stereocenters. The highest BCUT2D eigenvalue weighted by Crippen LogP contribution is 2.24. The van der Waals surface area contributed by atoms with E-state index in [9.17, 15) is 9.59 Å². The quantitative estimate of drug-likeness (QED) is 0.854. The van der Waals surface area contributed by atoms with Crippen LogP contribution in [0.25, 0.3) is 0 Å². The van der Waals surface area contributed by atoms with E-state index in [0.717, 1.165) is 18.4 Å². The number of benzene rings is 1. The van der Waals surface area contributed by atoms with Gasteiger partial charge in [-0.3, -0.25) is 9.59 Å². The molecule has 2 amide bonds. The van der Waals surface area contributed by atoms with Crippen LogP contribution in [-0.4, -0.2) is 36.3 Å². The molecular formula is C19H26Cl2N2O2. The minimum atomic E-state index is -0.368. The molecule has 0 aliphatic carbocycles. The zero-order valence-corrected chi connectivity index (χ0v) is 16.6. The third-order valence-corrected chi connectivity index (χ3v) is 5.09. The van der Waals surface area contributed by atoms with Gasteiger partial charge in [0.1, 0.15) is 0 Å². The van der Waals surface area contributed by atoms with E-state index in [2.05, 4.69) is 5.32 Å². The minimum Gasteiger partial charge on any atom is -0.356 e. The topological polar surface area (TPSA) is 49.4 Å². The van der Waals surface area contributed by atoms with Crippen molar-refractivity contribution in [2.75, 3.05) is 19.6 Å². The van der Waals surface area contributed by atoms with Crippen molar-refractivity contribution in [1.82, 2.24) is 10.2 Å². The summed E-state index contributed by atoms with van der Waals surface area (Å²) in [4.78, 5) is 26.5. The first-order valence-corrected chi connectivity index (χ1v) is 9.45. The summed E-state index contributed by atoms with van der Waals surface area (Å²) in [7, 11) is 0. The summed E-state index contributed by atoms with van der Waals surface area (Å²) in [6.07, 6.45) is 2.10. The highest BCUT2D eigenvalue weighted by molar-refractivity contribution is 6.35. The standard InChI is InChI=1S/C19H26Cl2N2O2/c1-19(2,3)18(25)23-10-7-14(8-11-23)17(24)22-9-6-13-4-5-15(20)12-16(13)21/h4-5,12,14H,6-11H2,1-3H3,(H,22,24). The second kappa shape index (κ2) is 8.41. The van der Waals surface area contributed by atoms with Crippen LogP contribution in [0.2, 0.25) is 10.0 Å². The summed E-state index contributed by atoms with van der Waals surface area (Å²) in [5, 5.41) is 4.21. The van der Waals surface area contributed by atoms with Gasteiger partial charge in [0.15, 0.2) is 0 Å². The van der Waals surface area contributed by atoms with Crippen molar-refractivity contribution in [3.05, 3.63) is 33.8 Å². The monoisotopic (exact) mass is 384 g/mol. The zero-order chi connectivity index (χ0) is 18.6. The Morgan fingerprint density at radius 3 is 2.40 bits per heavy atom. The average Bonchev–Trinajstić information content (AvgIpc) is 2.55. The van der Waals surface area contributed by atoms with Crippen LogP contribution in [0.15, 0.2) is 18.2 Å². The van der Waals surface area contributed by atoms with Gasteiger partial charge >= 0.3 is 0 Å². The number of amides is 2. The summed E-state index contributed by atoms with van der Waals surface area (Å²) in [6.45, 7) is 7.62. The Morgan fingerprint density at radius 1 is 1.20 bits per heavy atom. The first kappa shape index (κ1) is 20.1. The van der Waals surface area contributed by atoms with Crippen LogP contribution < -0.4 is 5.32 Å². The number of nitrogens with zero attached hydrogens (tertiary/aromatic N) is 1. The Hall–Kier alpha value is -1.26. The molecule has 1 aliphatic heterocycles. The Labute approximate surface area is 159 Å². The maximum Gasteiger partial charge on any atom is 0.227 e. The Morgan fingerprint density at radius 2 is 1.84 bits per heavy atom. The lowest BCUT2D eigenvalue weighted by Crippen LogP contribution is -2.46. The van der Waals surface area contributed by atoms with Crippen LogP contribution in [-0.2, 0) is 16.0 Å². The van der Waals surface area contributed by atoms with E-state index in [-0.39, 0.29) is 23.1 Å². The van der Waals surface area contributed by atoms with Crippen molar-refractivity contribution in [3.63, 3.8) is 0 Å². The number of piperidine rings is 1. The zero-order valence-electron chi connectivity index (χ0n) is 15.1. The van der Waals surface area contributed by atoms with Crippen LogP contribution in [0, 0.1) is 11.3 Å². The first-order chi connectivity index (χ1) is 11.7. The van der Waals surface area contributed by atoms with E-state index in [1.807, 2.05) is 31.7 Å². The molecule has 6 heteroatoms. The largest absolute Gasteiger partial charge is 0.356 e. The first-order valence-electron chi connectivity index (χ1n) is 8.69. The lowest BCUT2D eigenvalue weighted by atomic mass is 9.90. The van der Waals surface area contributed by atoms with E-state index in [0.29, 0.717) is 36.1 Å². The maximum atomic E-state index is 12.3. The molecular weight excluding hydrogens is 359 g/mol. The van der Waals surface area contributed by atoms with Crippen molar-refractivity contribution >= 4 is 35.0 Å². The molecule has 0 radical (unpaired) electrons. The third-order valence-electron chi connectivity index (χ3n) is 4.50. The van der Waals surface area contributed by atoms with Crippen LogP contribution >= 0.6 is 23.2 Å². The van der Waals surface area contributed by atoms with Crippen molar-refractivity contribution < 1.29 is 9.59 Å². The molecule has 1 heterocycles. The van der Waals surface area contributed by atoms with Crippen LogP contribution in [0.3, 0.4) is 0 Å². The number of hydrogen-bond donors (Lipinski definition) is 1. The molecule has 0 aromatic heterocycles. The molecule has 4 nitrogen and oxygen atoms in total. The van der Waals surface area contributed by atoms with E-state index < -0.39 is 0 Å². The van der Waals surface area contributed by atoms with Gasteiger partial charge in [0.05, 0.1) is 0 Å². The number of rotatable bonds is 4. The van der Waals surface area contributed by atoms with Gasteiger partial charge in [0.2, 0.25) is 11.8 Å². The fourth-order valence-corrected chi connectivity index (χ4v) is 3.51. The average molecular weight is 385 g/mol. The van der Waals surface area contributed by atoms with Gasteiger partial charge < -0.3 is 10.2 Å². The van der Waals surface area contributed by atoms with E-state index >= 15 is 0 Å². The van der Waals surface area contributed by atoms with Crippen molar-refractivity contribution in [2.24, 2.45) is 11.3 Å². The van der Waals surface area contributed by atoms with E-state index in [1.165, 1.54) is 0 Å². The molecule has 0 bridgehead atoms. The number of hydrogen-bond acceptors (Lipinski definition) is 2. The molecule has 1 aromatic carbocycles. The fraction of sp³-hybridized carbons (Fsp3) is 0.579. The molecule has 1 aliphatic rings. The van der Waals surface area contributed by atoms with Crippen LogP contribution in [0.1, 0.15) is 39.2 Å². The van der Waals surface area contributed by atoms with Gasteiger partial charge in [-0.05, 0) is 37.0 Å². The molecule has 0 spiro atoms. The summed E-state index contributed by atoms with van der Waals surface area (Å²) in [5.41, 5.74) is 0.601. The van der Waals surface area contributed by atoms with Gasteiger partial charge in [0, 0.05) is 41.0 Å². The molecule has 1 saturated heterocycles. The Kier molecular flexibility index (Phi) is 6.75. The normalized spacial score (nSPS) is 16.0. The predicted octanol–water partition coefficient (Wildman–Crippen LogP) is 3.94. The molecule has 1 fully saturated rings. The summed E-state index contributed by atoms with van der Waals surface area (Å²) >= 11 is 12.0. The maximum absolute atomic E-state index is 12.3. The number of carbonyl (C=O) groups is 2. The third kappa shape index (κ3) is 5.61. The molecule has 2 rings (SSSR count). The van der Waals surface area contributed by atoms with Gasteiger partial charge in [-0.1, -0.05) is 50.0 Å². The summed E-state index contributed by atoms with van der Waals surface area (Å²) in [6, 6.07) is 5.39. The van der Waals surface area contributed by atoms with E-state index in [4.69, 9.17) is 23.2 Å². The number of carbonyl (C=O) groups excluding carboxylic acids is 2. The van der Waals surface area contributed by atoms with Gasteiger partial charge in [-0.25, -0.2) is 0 Å². The molecule has 138 valence electrons.